The average Bonchev–Trinajstić information content (AvgIpc) is 2.67. The van der Waals surface area contributed by atoms with Crippen molar-refractivity contribution in [3.63, 3.8) is 0 Å². The van der Waals surface area contributed by atoms with Gasteiger partial charge in [0.15, 0.2) is 0 Å². The first-order valence-electron chi connectivity index (χ1n) is 5.84. The summed E-state index contributed by atoms with van der Waals surface area (Å²) in [6.07, 6.45) is 0. The molecule has 1 heterocycles. The molecule has 0 radical (unpaired) electrons. The number of H-pyrrole nitrogens is 1. The summed E-state index contributed by atoms with van der Waals surface area (Å²) in [7, 11) is 3.70. The molecule has 0 aliphatic rings. The van der Waals surface area contributed by atoms with E-state index in [4.69, 9.17) is 4.74 Å². The van der Waals surface area contributed by atoms with E-state index in [1.807, 2.05) is 14.0 Å². The number of ether oxygens (including phenoxy) is 1. The number of aromatic nitrogens is 2. The number of nitrogens with zero attached hydrogens (tertiary/aromatic N) is 1. The first-order valence-corrected chi connectivity index (χ1v) is 5.84. The highest BCUT2D eigenvalue weighted by molar-refractivity contribution is 5.76. The lowest BCUT2D eigenvalue weighted by molar-refractivity contribution is 0.178. The van der Waals surface area contributed by atoms with E-state index in [2.05, 4.69) is 33.5 Å². The summed E-state index contributed by atoms with van der Waals surface area (Å²) in [5.41, 5.74) is 3.39. The minimum absolute atomic E-state index is 0.373. The van der Waals surface area contributed by atoms with Crippen molar-refractivity contribution in [1.82, 2.24) is 15.3 Å². The number of aromatic amines is 1. The second kappa shape index (κ2) is 5.29. The molecule has 1 atom stereocenters. The Morgan fingerprint density at radius 2 is 2.29 bits per heavy atom. The lowest BCUT2D eigenvalue weighted by Gasteiger charge is -2.15. The van der Waals surface area contributed by atoms with Gasteiger partial charge >= 0.3 is 0 Å². The van der Waals surface area contributed by atoms with Gasteiger partial charge in [0.1, 0.15) is 5.82 Å². The monoisotopic (exact) mass is 233 g/mol. The SMILES string of the molecule is CNCC(COC)c1ccc2nc(C)[nH]c2c1. The van der Waals surface area contributed by atoms with Crippen LogP contribution in [0.4, 0.5) is 0 Å². The molecule has 1 unspecified atom stereocenters. The van der Waals surface area contributed by atoms with E-state index in [0.29, 0.717) is 5.92 Å². The van der Waals surface area contributed by atoms with Crippen molar-refractivity contribution in [3.8, 4) is 0 Å². The molecule has 0 spiro atoms. The number of benzene rings is 1. The Morgan fingerprint density at radius 1 is 1.47 bits per heavy atom. The van der Waals surface area contributed by atoms with E-state index in [1.54, 1.807) is 7.11 Å². The smallest absolute Gasteiger partial charge is 0.104 e. The van der Waals surface area contributed by atoms with Crippen LogP contribution in [0.25, 0.3) is 11.0 Å². The molecule has 0 amide bonds. The molecule has 1 aromatic carbocycles. The molecule has 0 fully saturated rings. The largest absolute Gasteiger partial charge is 0.384 e. The van der Waals surface area contributed by atoms with Crippen LogP contribution >= 0.6 is 0 Å². The Labute approximate surface area is 101 Å². The van der Waals surface area contributed by atoms with Crippen molar-refractivity contribution in [3.05, 3.63) is 29.6 Å². The molecule has 0 aliphatic carbocycles. The molecule has 0 saturated heterocycles. The molecule has 2 N–H and O–H groups in total. The van der Waals surface area contributed by atoms with Gasteiger partial charge in [-0.15, -0.1) is 0 Å². The van der Waals surface area contributed by atoms with Crippen LogP contribution in [0.5, 0.6) is 0 Å². The summed E-state index contributed by atoms with van der Waals surface area (Å²) in [5, 5.41) is 3.20. The maximum Gasteiger partial charge on any atom is 0.104 e. The number of fused-ring (bicyclic) bond motifs is 1. The van der Waals surface area contributed by atoms with Gasteiger partial charge in [0.2, 0.25) is 0 Å². The summed E-state index contributed by atoms with van der Waals surface area (Å²) in [4.78, 5) is 7.67. The molecular formula is C13H19N3O. The molecule has 17 heavy (non-hydrogen) atoms. The van der Waals surface area contributed by atoms with E-state index >= 15 is 0 Å². The maximum atomic E-state index is 5.26. The number of nitrogens with one attached hydrogen (secondary N) is 2. The third kappa shape index (κ3) is 2.65. The van der Waals surface area contributed by atoms with Gasteiger partial charge in [-0.25, -0.2) is 4.98 Å². The number of rotatable bonds is 5. The third-order valence-electron chi connectivity index (χ3n) is 2.91. The van der Waals surface area contributed by atoms with Crippen LogP contribution in [0.15, 0.2) is 18.2 Å². The summed E-state index contributed by atoms with van der Waals surface area (Å²) in [6.45, 7) is 3.60. The molecule has 2 rings (SSSR count). The zero-order valence-electron chi connectivity index (χ0n) is 10.6. The van der Waals surface area contributed by atoms with Gasteiger partial charge in [-0.3, -0.25) is 0 Å². The minimum Gasteiger partial charge on any atom is -0.384 e. The van der Waals surface area contributed by atoms with E-state index in [0.717, 1.165) is 30.0 Å². The highest BCUT2D eigenvalue weighted by atomic mass is 16.5. The van der Waals surface area contributed by atoms with Crippen LogP contribution in [0.2, 0.25) is 0 Å². The molecule has 4 nitrogen and oxygen atoms in total. The summed E-state index contributed by atoms with van der Waals surface area (Å²) >= 11 is 0. The number of imidazole rings is 1. The molecule has 1 aromatic heterocycles. The van der Waals surface area contributed by atoms with E-state index in [9.17, 15) is 0 Å². The predicted molar refractivity (Wildman–Crippen MR) is 69.4 cm³/mol. The van der Waals surface area contributed by atoms with Crippen LogP contribution in [-0.2, 0) is 4.74 Å². The van der Waals surface area contributed by atoms with Gasteiger partial charge in [-0.05, 0) is 31.7 Å². The average molecular weight is 233 g/mol. The van der Waals surface area contributed by atoms with Crippen molar-refractivity contribution in [2.45, 2.75) is 12.8 Å². The van der Waals surface area contributed by atoms with Gasteiger partial charge < -0.3 is 15.0 Å². The van der Waals surface area contributed by atoms with Gasteiger partial charge in [0.05, 0.1) is 17.6 Å². The quantitative estimate of drug-likeness (QED) is 0.828. The van der Waals surface area contributed by atoms with Gasteiger partial charge in [-0.1, -0.05) is 6.07 Å². The second-order valence-electron chi connectivity index (χ2n) is 4.31. The van der Waals surface area contributed by atoms with Crippen molar-refractivity contribution in [1.29, 1.82) is 0 Å². The normalized spacial score (nSPS) is 13.1. The first kappa shape index (κ1) is 12.1. The fourth-order valence-corrected chi connectivity index (χ4v) is 2.13. The number of aryl methyl sites for hydroxylation is 1. The van der Waals surface area contributed by atoms with E-state index < -0.39 is 0 Å². The van der Waals surface area contributed by atoms with Crippen molar-refractivity contribution < 1.29 is 4.74 Å². The molecule has 0 saturated carbocycles. The second-order valence-corrected chi connectivity index (χ2v) is 4.31. The molecule has 0 bridgehead atoms. The van der Waals surface area contributed by atoms with Crippen LogP contribution in [0.3, 0.4) is 0 Å². The lowest BCUT2D eigenvalue weighted by atomic mass is 9.99. The maximum absolute atomic E-state index is 5.26. The standard InChI is InChI=1S/C13H19N3O/c1-9-15-12-5-4-10(6-13(12)16-9)11(7-14-2)8-17-3/h4-6,11,14H,7-8H2,1-3H3,(H,15,16). The van der Waals surface area contributed by atoms with Gasteiger partial charge in [0, 0.05) is 19.6 Å². The number of likely N-dealkylation sites (N-methyl/N-ethyl adjacent to an activating group) is 1. The number of methoxy groups -OCH3 is 1. The molecule has 0 aliphatic heterocycles. The zero-order valence-corrected chi connectivity index (χ0v) is 10.6. The minimum atomic E-state index is 0.373. The third-order valence-corrected chi connectivity index (χ3v) is 2.91. The van der Waals surface area contributed by atoms with E-state index in [1.165, 1.54) is 5.56 Å². The Bertz CT molecular complexity index is 486. The Balaban J connectivity index is 2.32. The fourth-order valence-electron chi connectivity index (χ4n) is 2.13. The molecule has 2 aromatic rings. The van der Waals surface area contributed by atoms with Crippen LogP contribution in [0, 0.1) is 6.92 Å². The predicted octanol–water partition coefficient (Wildman–Crippen LogP) is 1.82. The Kier molecular flexibility index (Phi) is 3.76. The van der Waals surface area contributed by atoms with Gasteiger partial charge in [0.25, 0.3) is 0 Å². The molecule has 92 valence electrons. The number of hydrogen-bond donors (Lipinski definition) is 2. The first-order chi connectivity index (χ1) is 8.24. The van der Waals surface area contributed by atoms with Crippen molar-refractivity contribution in [2.24, 2.45) is 0 Å². The number of hydrogen-bond acceptors (Lipinski definition) is 3. The zero-order chi connectivity index (χ0) is 12.3. The Morgan fingerprint density at radius 3 is 3.00 bits per heavy atom. The van der Waals surface area contributed by atoms with Crippen LogP contribution in [-0.4, -0.2) is 37.3 Å². The van der Waals surface area contributed by atoms with Crippen LogP contribution < -0.4 is 5.32 Å². The van der Waals surface area contributed by atoms with Crippen LogP contribution in [0.1, 0.15) is 17.3 Å². The topological polar surface area (TPSA) is 49.9 Å². The Hall–Kier alpha value is -1.39. The fraction of sp³-hybridized carbons (Fsp3) is 0.462. The molecular weight excluding hydrogens is 214 g/mol. The lowest BCUT2D eigenvalue weighted by Crippen LogP contribution is -2.20. The summed E-state index contributed by atoms with van der Waals surface area (Å²) < 4.78 is 5.26. The van der Waals surface area contributed by atoms with E-state index in [-0.39, 0.29) is 0 Å². The van der Waals surface area contributed by atoms with Crippen molar-refractivity contribution in [2.75, 3.05) is 27.3 Å². The highest BCUT2D eigenvalue weighted by Gasteiger charge is 2.11. The summed E-state index contributed by atoms with van der Waals surface area (Å²) in [6, 6.07) is 6.35. The molecule has 4 heteroatoms. The van der Waals surface area contributed by atoms with Crippen molar-refractivity contribution >= 4 is 11.0 Å². The summed E-state index contributed by atoms with van der Waals surface area (Å²) in [5.74, 6) is 1.33. The van der Waals surface area contributed by atoms with Gasteiger partial charge in [-0.2, -0.15) is 0 Å². The highest BCUT2D eigenvalue weighted by Crippen LogP contribution is 2.20.